The second-order valence-electron chi connectivity index (χ2n) is 5.05. The van der Waals surface area contributed by atoms with E-state index in [1.165, 1.54) is 43.2 Å². The number of halogens is 1. The van der Waals surface area contributed by atoms with E-state index in [-0.39, 0.29) is 0 Å². The Morgan fingerprint density at radius 3 is 2.83 bits per heavy atom. The zero-order chi connectivity index (χ0) is 12.6. The minimum atomic E-state index is 0.336. The van der Waals surface area contributed by atoms with Crippen molar-refractivity contribution in [2.45, 2.75) is 51.0 Å². The Labute approximate surface area is 115 Å². The molecule has 0 saturated heterocycles. The van der Waals surface area contributed by atoms with Crippen molar-refractivity contribution in [3.63, 3.8) is 0 Å². The predicted octanol–water partition coefficient (Wildman–Crippen LogP) is 4.88. The van der Waals surface area contributed by atoms with Crippen LogP contribution >= 0.6 is 11.6 Å². The summed E-state index contributed by atoms with van der Waals surface area (Å²) in [5.74, 6) is 0.789. The van der Waals surface area contributed by atoms with Gasteiger partial charge in [-0.1, -0.05) is 37.1 Å². The molecule has 1 atom stereocenters. The lowest BCUT2D eigenvalue weighted by molar-refractivity contribution is 0.0383. The predicted molar refractivity (Wildman–Crippen MR) is 77.3 cm³/mol. The Morgan fingerprint density at radius 2 is 1.94 bits per heavy atom. The van der Waals surface area contributed by atoms with Gasteiger partial charge in [0.15, 0.2) is 0 Å². The van der Waals surface area contributed by atoms with Crippen molar-refractivity contribution in [1.29, 1.82) is 0 Å². The standard InChI is InChI=1S/C16H23ClO/c17-12-5-1-2-6-13-18-16-11-7-9-14-8-3-4-10-15(14)16/h3-4,8,10,16H,1-2,5-7,9,11-13H2. The Hall–Kier alpha value is -0.530. The molecule has 1 unspecified atom stereocenters. The fourth-order valence-corrected chi connectivity index (χ4v) is 2.85. The molecule has 1 aromatic rings. The molecule has 0 spiro atoms. The Balaban J connectivity index is 1.74. The molecule has 2 heteroatoms. The van der Waals surface area contributed by atoms with Crippen molar-refractivity contribution in [3.8, 4) is 0 Å². The number of aryl methyl sites for hydroxylation is 1. The van der Waals surface area contributed by atoms with Crippen LogP contribution in [0.1, 0.15) is 55.8 Å². The van der Waals surface area contributed by atoms with E-state index in [2.05, 4.69) is 24.3 Å². The molecule has 2 rings (SSSR count). The molecule has 1 aromatic carbocycles. The summed E-state index contributed by atoms with van der Waals surface area (Å²) in [7, 11) is 0. The molecule has 0 N–H and O–H groups in total. The van der Waals surface area contributed by atoms with E-state index >= 15 is 0 Å². The molecular formula is C16H23ClO. The fourth-order valence-electron chi connectivity index (χ4n) is 2.66. The summed E-state index contributed by atoms with van der Waals surface area (Å²) in [5.41, 5.74) is 2.90. The third kappa shape index (κ3) is 4.00. The molecule has 0 radical (unpaired) electrons. The van der Waals surface area contributed by atoms with Crippen LogP contribution in [0.25, 0.3) is 0 Å². The monoisotopic (exact) mass is 266 g/mol. The van der Waals surface area contributed by atoms with Crippen LogP contribution < -0.4 is 0 Å². The quantitative estimate of drug-likeness (QED) is 0.505. The maximum atomic E-state index is 6.06. The van der Waals surface area contributed by atoms with Gasteiger partial charge < -0.3 is 4.74 Å². The van der Waals surface area contributed by atoms with Crippen LogP contribution in [0.15, 0.2) is 24.3 Å². The van der Waals surface area contributed by atoms with Gasteiger partial charge >= 0.3 is 0 Å². The van der Waals surface area contributed by atoms with Crippen LogP contribution in [0, 0.1) is 0 Å². The van der Waals surface area contributed by atoms with Crippen LogP contribution in [0.5, 0.6) is 0 Å². The third-order valence-electron chi connectivity index (χ3n) is 3.66. The maximum Gasteiger partial charge on any atom is 0.0827 e. The summed E-state index contributed by atoms with van der Waals surface area (Å²) >= 11 is 5.66. The lowest BCUT2D eigenvalue weighted by atomic mass is 9.89. The summed E-state index contributed by atoms with van der Waals surface area (Å²) in [5, 5.41) is 0. The number of fused-ring (bicyclic) bond motifs is 1. The minimum Gasteiger partial charge on any atom is -0.374 e. The Kier molecular flexibility index (Phi) is 6.02. The van der Waals surface area contributed by atoms with E-state index in [1.807, 2.05) is 0 Å². The molecule has 1 aliphatic carbocycles. The van der Waals surface area contributed by atoms with Gasteiger partial charge in [0.05, 0.1) is 6.10 Å². The molecule has 18 heavy (non-hydrogen) atoms. The summed E-state index contributed by atoms with van der Waals surface area (Å²) in [4.78, 5) is 0. The number of hydrogen-bond acceptors (Lipinski definition) is 1. The van der Waals surface area contributed by atoms with Gasteiger partial charge in [-0.15, -0.1) is 11.6 Å². The summed E-state index contributed by atoms with van der Waals surface area (Å²) in [6.45, 7) is 0.890. The van der Waals surface area contributed by atoms with Crippen molar-refractivity contribution < 1.29 is 4.74 Å². The number of hydrogen-bond donors (Lipinski definition) is 0. The average Bonchev–Trinajstić information content (AvgIpc) is 2.43. The van der Waals surface area contributed by atoms with Gasteiger partial charge in [-0.2, -0.15) is 0 Å². The van der Waals surface area contributed by atoms with Gasteiger partial charge in [0.2, 0.25) is 0 Å². The molecule has 1 nitrogen and oxygen atoms in total. The van der Waals surface area contributed by atoms with Crippen molar-refractivity contribution in [1.82, 2.24) is 0 Å². The molecule has 1 aliphatic rings. The van der Waals surface area contributed by atoms with E-state index in [0.717, 1.165) is 25.3 Å². The zero-order valence-electron chi connectivity index (χ0n) is 11.0. The first kappa shape index (κ1) is 13.9. The van der Waals surface area contributed by atoms with E-state index in [4.69, 9.17) is 16.3 Å². The molecule has 0 heterocycles. The minimum absolute atomic E-state index is 0.336. The van der Waals surface area contributed by atoms with Crippen LogP contribution in [-0.4, -0.2) is 12.5 Å². The molecule has 0 aromatic heterocycles. The second kappa shape index (κ2) is 7.81. The SMILES string of the molecule is ClCCCCCCOC1CCCc2ccccc21. The van der Waals surface area contributed by atoms with Gasteiger partial charge in [0, 0.05) is 12.5 Å². The molecule has 0 aliphatic heterocycles. The average molecular weight is 267 g/mol. The van der Waals surface area contributed by atoms with Crippen LogP contribution in [0.4, 0.5) is 0 Å². The van der Waals surface area contributed by atoms with Gasteiger partial charge in [0.25, 0.3) is 0 Å². The summed E-state index contributed by atoms with van der Waals surface area (Å²) in [6, 6.07) is 8.73. The van der Waals surface area contributed by atoms with E-state index in [0.29, 0.717) is 6.10 Å². The molecule has 100 valence electrons. The summed E-state index contributed by atoms with van der Waals surface area (Å²) in [6.07, 6.45) is 8.75. The highest BCUT2D eigenvalue weighted by molar-refractivity contribution is 6.17. The van der Waals surface area contributed by atoms with Crippen molar-refractivity contribution in [2.24, 2.45) is 0 Å². The lowest BCUT2D eigenvalue weighted by Gasteiger charge is -2.25. The van der Waals surface area contributed by atoms with Gasteiger partial charge in [-0.05, 0) is 43.2 Å². The van der Waals surface area contributed by atoms with Crippen molar-refractivity contribution in [2.75, 3.05) is 12.5 Å². The largest absolute Gasteiger partial charge is 0.374 e. The zero-order valence-corrected chi connectivity index (χ0v) is 11.8. The molecule has 0 amide bonds. The second-order valence-corrected chi connectivity index (χ2v) is 5.43. The number of rotatable bonds is 7. The first-order valence-electron chi connectivity index (χ1n) is 7.17. The maximum absolute atomic E-state index is 6.06. The normalized spacial score (nSPS) is 18.6. The van der Waals surface area contributed by atoms with E-state index < -0.39 is 0 Å². The van der Waals surface area contributed by atoms with Crippen LogP contribution in [-0.2, 0) is 11.2 Å². The van der Waals surface area contributed by atoms with E-state index in [9.17, 15) is 0 Å². The van der Waals surface area contributed by atoms with Gasteiger partial charge in [-0.25, -0.2) is 0 Å². The van der Waals surface area contributed by atoms with Crippen LogP contribution in [0.2, 0.25) is 0 Å². The van der Waals surface area contributed by atoms with Gasteiger partial charge in [-0.3, -0.25) is 0 Å². The van der Waals surface area contributed by atoms with Crippen molar-refractivity contribution in [3.05, 3.63) is 35.4 Å². The van der Waals surface area contributed by atoms with Gasteiger partial charge in [0.1, 0.15) is 0 Å². The highest BCUT2D eigenvalue weighted by atomic mass is 35.5. The Morgan fingerprint density at radius 1 is 1.11 bits per heavy atom. The molecule has 0 saturated carbocycles. The Bertz CT molecular complexity index is 351. The van der Waals surface area contributed by atoms with Crippen molar-refractivity contribution >= 4 is 11.6 Å². The molecular weight excluding hydrogens is 244 g/mol. The number of ether oxygens (including phenoxy) is 1. The smallest absolute Gasteiger partial charge is 0.0827 e. The highest BCUT2D eigenvalue weighted by Crippen LogP contribution is 2.32. The summed E-state index contributed by atoms with van der Waals surface area (Å²) < 4.78 is 6.06. The highest BCUT2D eigenvalue weighted by Gasteiger charge is 2.19. The molecule has 0 bridgehead atoms. The first-order chi connectivity index (χ1) is 8.92. The fraction of sp³-hybridized carbons (Fsp3) is 0.625. The third-order valence-corrected chi connectivity index (χ3v) is 3.93. The number of alkyl halides is 1. The molecule has 0 fully saturated rings. The van der Waals surface area contributed by atoms with E-state index in [1.54, 1.807) is 0 Å². The lowest BCUT2D eigenvalue weighted by Crippen LogP contribution is -2.13. The first-order valence-corrected chi connectivity index (χ1v) is 7.70. The number of benzene rings is 1. The topological polar surface area (TPSA) is 9.23 Å². The van der Waals surface area contributed by atoms with Crippen LogP contribution in [0.3, 0.4) is 0 Å². The number of unbranched alkanes of at least 4 members (excludes halogenated alkanes) is 3.